The molecule has 0 atom stereocenters. The number of carbonyl (C=O) groups excluding carboxylic acids is 1. The topological polar surface area (TPSA) is 101 Å². The third-order valence-corrected chi connectivity index (χ3v) is 3.09. The number of pyridine rings is 1. The average Bonchev–Trinajstić information content (AvgIpc) is 2.79. The zero-order valence-electron chi connectivity index (χ0n) is 10.8. The van der Waals surface area contributed by atoms with Gasteiger partial charge in [0.05, 0.1) is 16.9 Å². The molecule has 0 aliphatic rings. The van der Waals surface area contributed by atoms with E-state index in [1.54, 1.807) is 19.1 Å². The molecule has 7 nitrogen and oxygen atoms in total. The van der Waals surface area contributed by atoms with Gasteiger partial charge in [-0.05, 0) is 19.1 Å². The van der Waals surface area contributed by atoms with Gasteiger partial charge in [0.1, 0.15) is 17.0 Å². The number of furan rings is 1. The summed E-state index contributed by atoms with van der Waals surface area (Å²) in [5, 5.41) is 3.15. The predicted molar refractivity (Wildman–Crippen MR) is 76.6 cm³/mol. The Kier molecular flexibility index (Phi) is 3.19. The Labute approximate surface area is 123 Å². The second kappa shape index (κ2) is 5.02. The molecule has 3 aromatic rings. The van der Waals surface area contributed by atoms with E-state index in [1.807, 2.05) is 0 Å². The molecular weight excluding hydrogens is 296 g/mol. The maximum absolute atomic E-state index is 12.3. The van der Waals surface area contributed by atoms with Crippen LogP contribution in [-0.4, -0.2) is 20.9 Å². The highest BCUT2D eigenvalue weighted by atomic mass is 35.5. The second-order valence-electron chi connectivity index (χ2n) is 4.26. The summed E-state index contributed by atoms with van der Waals surface area (Å²) in [6.45, 7) is 1.59. The molecule has 3 heterocycles. The Hall–Kier alpha value is -2.67. The van der Waals surface area contributed by atoms with Gasteiger partial charge in [-0.1, -0.05) is 11.6 Å². The SMILES string of the molecule is Cc1oc2nc[nH]c(=O)c2c1C(=O)Nc1ccc(Cl)cn1. The molecule has 0 spiro atoms. The lowest BCUT2D eigenvalue weighted by Gasteiger charge is -2.03. The molecule has 1 amide bonds. The quantitative estimate of drug-likeness (QED) is 0.755. The lowest BCUT2D eigenvalue weighted by atomic mass is 10.2. The Morgan fingerprint density at radius 3 is 2.90 bits per heavy atom. The van der Waals surface area contributed by atoms with Gasteiger partial charge in [0.2, 0.25) is 5.71 Å². The van der Waals surface area contributed by atoms with E-state index in [0.29, 0.717) is 16.6 Å². The lowest BCUT2D eigenvalue weighted by molar-refractivity contribution is 0.102. The van der Waals surface area contributed by atoms with Gasteiger partial charge in [0, 0.05) is 6.20 Å². The minimum atomic E-state index is -0.500. The first-order valence-corrected chi connectivity index (χ1v) is 6.34. The maximum atomic E-state index is 12.3. The van der Waals surface area contributed by atoms with Gasteiger partial charge in [-0.3, -0.25) is 9.59 Å². The summed E-state index contributed by atoms with van der Waals surface area (Å²) in [6.07, 6.45) is 2.63. The molecule has 0 bridgehead atoms. The number of hydrogen-bond acceptors (Lipinski definition) is 5. The standard InChI is InChI=1S/C13H9ClN4O3/c1-6-9(10-11(19)16-5-17-13(10)21-6)12(20)18-8-3-2-7(14)4-15-8/h2-5H,1H3,(H,15,18,20)(H,16,17,19). The van der Waals surface area contributed by atoms with Crippen LogP contribution in [0.1, 0.15) is 16.1 Å². The van der Waals surface area contributed by atoms with Crippen molar-refractivity contribution in [1.29, 1.82) is 0 Å². The molecule has 21 heavy (non-hydrogen) atoms. The first-order chi connectivity index (χ1) is 10.1. The van der Waals surface area contributed by atoms with Gasteiger partial charge >= 0.3 is 0 Å². The zero-order chi connectivity index (χ0) is 15.0. The smallest absolute Gasteiger partial charge is 0.262 e. The lowest BCUT2D eigenvalue weighted by Crippen LogP contribution is -2.16. The number of rotatable bonds is 2. The maximum Gasteiger partial charge on any atom is 0.262 e. The van der Waals surface area contributed by atoms with Crippen molar-refractivity contribution in [2.75, 3.05) is 5.32 Å². The van der Waals surface area contributed by atoms with Gasteiger partial charge in [-0.25, -0.2) is 9.97 Å². The molecule has 0 aromatic carbocycles. The molecule has 0 saturated heterocycles. The number of hydrogen-bond donors (Lipinski definition) is 2. The summed E-state index contributed by atoms with van der Waals surface area (Å²) in [6, 6.07) is 3.15. The fourth-order valence-corrected chi connectivity index (χ4v) is 2.07. The molecule has 0 unspecified atom stereocenters. The van der Waals surface area contributed by atoms with Crippen molar-refractivity contribution in [2.24, 2.45) is 0 Å². The number of carbonyl (C=O) groups is 1. The first kappa shape index (κ1) is 13.3. The number of anilines is 1. The number of aryl methyl sites for hydroxylation is 1. The summed E-state index contributed by atoms with van der Waals surface area (Å²) in [4.78, 5) is 34.4. The van der Waals surface area contributed by atoms with Gasteiger partial charge in [-0.15, -0.1) is 0 Å². The summed E-state index contributed by atoms with van der Waals surface area (Å²) in [5.74, 6) is 0.124. The largest absolute Gasteiger partial charge is 0.442 e. The van der Waals surface area contributed by atoms with Gasteiger partial charge < -0.3 is 14.7 Å². The fraction of sp³-hybridized carbons (Fsp3) is 0.0769. The van der Waals surface area contributed by atoms with E-state index in [1.165, 1.54) is 12.5 Å². The van der Waals surface area contributed by atoms with Crippen molar-refractivity contribution in [1.82, 2.24) is 15.0 Å². The van der Waals surface area contributed by atoms with Crippen molar-refractivity contribution in [3.63, 3.8) is 0 Å². The monoisotopic (exact) mass is 304 g/mol. The van der Waals surface area contributed by atoms with E-state index in [0.717, 1.165) is 0 Å². The Morgan fingerprint density at radius 1 is 1.38 bits per heavy atom. The summed E-state index contributed by atoms with van der Waals surface area (Å²) < 4.78 is 5.32. The van der Waals surface area contributed by atoms with Crippen LogP contribution in [0.2, 0.25) is 5.02 Å². The highest BCUT2D eigenvalue weighted by Gasteiger charge is 2.21. The van der Waals surface area contributed by atoms with Crippen LogP contribution in [-0.2, 0) is 0 Å². The van der Waals surface area contributed by atoms with Crippen LogP contribution in [0.25, 0.3) is 11.1 Å². The van der Waals surface area contributed by atoms with Crippen molar-refractivity contribution in [2.45, 2.75) is 6.92 Å². The van der Waals surface area contributed by atoms with E-state index >= 15 is 0 Å². The van der Waals surface area contributed by atoms with Gasteiger partial charge in [-0.2, -0.15) is 0 Å². The number of aromatic nitrogens is 3. The van der Waals surface area contributed by atoms with Crippen molar-refractivity contribution in [3.8, 4) is 0 Å². The number of fused-ring (bicyclic) bond motifs is 1. The zero-order valence-corrected chi connectivity index (χ0v) is 11.6. The molecule has 0 aliphatic heterocycles. The van der Waals surface area contributed by atoms with Crippen molar-refractivity contribution < 1.29 is 9.21 Å². The van der Waals surface area contributed by atoms with Crippen LogP contribution in [0.3, 0.4) is 0 Å². The second-order valence-corrected chi connectivity index (χ2v) is 4.70. The predicted octanol–water partition coefficient (Wildman–Crippen LogP) is 2.13. The van der Waals surface area contributed by atoms with Crippen LogP contribution >= 0.6 is 11.6 Å². The van der Waals surface area contributed by atoms with Crippen LogP contribution < -0.4 is 10.9 Å². The number of H-pyrrole nitrogens is 1. The third-order valence-electron chi connectivity index (χ3n) is 2.87. The highest BCUT2D eigenvalue weighted by molar-refractivity contribution is 6.30. The Bertz CT molecular complexity index is 883. The number of nitrogens with one attached hydrogen (secondary N) is 2. The number of halogens is 1. The van der Waals surface area contributed by atoms with Crippen LogP contribution in [0, 0.1) is 6.92 Å². The van der Waals surface area contributed by atoms with Crippen LogP contribution in [0.4, 0.5) is 5.82 Å². The Balaban J connectivity index is 2.04. The molecular formula is C13H9ClN4O3. The molecule has 3 rings (SSSR count). The minimum absolute atomic E-state index is 0.112. The van der Waals surface area contributed by atoms with E-state index in [2.05, 4.69) is 20.3 Å². The molecule has 0 radical (unpaired) electrons. The third kappa shape index (κ3) is 2.38. The highest BCUT2D eigenvalue weighted by Crippen LogP contribution is 2.21. The molecule has 106 valence electrons. The van der Waals surface area contributed by atoms with Crippen LogP contribution in [0.15, 0.2) is 33.9 Å². The fourth-order valence-electron chi connectivity index (χ4n) is 1.96. The summed E-state index contributed by atoms with van der Waals surface area (Å²) in [5.41, 5.74) is -0.187. The number of aromatic amines is 1. The first-order valence-electron chi connectivity index (χ1n) is 5.96. The van der Waals surface area contributed by atoms with Crippen molar-refractivity contribution >= 4 is 34.4 Å². The average molecular weight is 305 g/mol. The summed E-state index contributed by atoms with van der Waals surface area (Å²) in [7, 11) is 0. The molecule has 0 aliphatic carbocycles. The van der Waals surface area contributed by atoms with Crippen LogP contribution in [0.5, 0.6) is 0 Å². The van der Waals surface area contributed by atoms with Gasteiger partial charge in [0.25, 0.3) is 11.5 Å². The number of amides is 1. The molecule has 0 saturated carbocycles. The number of nitrogens with zero attached hydrogens (tertiary/aromatic N) is 2. The van der Waals surface area contributed by atoms with Crippen molar-refractivity contribution in [3.05, 3.63) is 51.4 Å². The molecule has 3 aromatic heterocycles. The summed E-state index contributed by atoms with van der Waals surface area (Å²) >= 11 is 5.73. The van der Waals surface area contributed by atoms with E-state index in [-0.39, 0.29) is 16.7 Å². The normalized spacial score (nSPS) is 10.8. The van der Waals surface area contributed by atoms with E-state index in [9.17, 15) is 9.59 Å². The van der Waals surface area contributed by atoms with Gasteiger partial charge in [0.15, 0.2) is 0 Å². The minimum Gasteiger partial charge on any atom is -0.442 e. The Morgan fingerprint density at radius 2 is 2.19 bits per heavy atom. The van der Waals surface area contributed by atoms with E-state index < -0.39 is 11.5 Å². The molecule has 8 heteroatoms. The molecule has 2 N–H and O–H groups in total. The molecule has 0 fully saturated rings. The van der Waals surface area contributed by atoms with E-state index in [4.69, 9.17) is 16.0 Å².